The van der Waals surface area contributed by atoms with Gasteiger partial charge in [0.15, 0.2) is 0 Å². The van der Waals surface area contributed by atoms with Crippen LogP contribution in [-0.4, -0.2) is 70.6 Å². The number of anilines is 2. The van der Waals surface area contributed by atoms with Gasteiger partial charge in [-0.15, -0.1) is 0 Å². The van der Waals surface area contributed by atoms with Gasteiger partial charge in [-0.3, -0.25) is 4.79 Å². The average molecular weight is 479 g/mol. The summed E-state index contributed by atoms with van der Waals surface area (Å²) in [5.41, 5.74) is 1.59. The minimum absolute atomic E-state index is 0.0500. The van der Waals surface area contributed by atoms with Crippen molar-refractivity contribution < 1.29 is 17.9 Å². The fourth-order valence-corrected chi connectivity index (χ4v) is 6.66. The molecule has 2 unspecified atom stereocenters. The van der Waals surface area contributed by atoms with Gasteiger partial charge in [-0.1, -0.05) is 26.2 Å². The summed E-state index contributed by atoms with van der Waals surface area (Å²) in [5.74, 6) is 0.440. The summed E-state index contributed by atoms with van der Waals surface area (Å²) >= 11 is 0. The van der Waals surface area contributed by atoms with E-state index in [1.807, 2.05) is 6.07 Å². The summed E-state index contributed by atoms with van der Waals surface area (Å²) in [7, 11) is -3.55. The Morgan fingerprint density at radius 2 is 1.76 bits per heavy atom. The molecule has 1 aliphatic carbocycles. The molecule has 2 saturated heterocycles. The first kappa shape index (κ1) is 24.3. The minimum atomic E-state index is -3.55. The maximum atomic E-state index is 13.2. The molecule has 8 nitrogen and oxygen atoms in total. The second-order valence-electron chi connectivity index (χ2n) is 9.53. The van der Waals surface area contributed by atoms with Gasteiger partial charge >= 0.3 is 0 Å². The summed E-state index contributed by atoms with van der Waals surface area (Å²) in [6.07, 6.45) is 7.42. The summed E-state index contributed by atoms with van der Waals surface area (Å²) in [4.78, 5) is 15.2. The number of nitrogens with zero attached hydrogens (tertiary/aromatic N) is 2. The SMILES string of the molecule is CC1CCCCC1NC(=O)CNc1cc(S(=O)(=O)N2CCCCC2)ccc1N1CCOCC1. The molecule has 0 aromatic heterocycles. The van der Waals surface area contributed by atoms with E-state index in [1.165, 1.54) is 6.42 Å². The van der Waals surface area contributed by atoms with Crippen LogP contribution in [0.5, 0.6) is 0 Å². The van der Waals surface area contributed by atoms with Gasteiger partial charge in [-0.2, -0.15) is 4.31 Å². The number of ether oxygens (including phenoxy) is 1. The first-order valence-electron chi connectivity index (χ1n) is 12.5. The fraction of sp³-hybridized carbons (Fsp3) is 0.708. The van der Waals surface area contributed by atoms with Gasteiger partial charge in [0.25, 0.3) is 0 Å². The second kappa shape index (κ2) is 11.1. The number of sulfonamides is 1. The quantitative estimate of drug-likeness (QED) is 0.626. The predicted molar refractivity (Wildman–Crippen MR) is 130 cm³/mol. The van der Waals surface area contributed by atoms with E-state index in [0.717, 1.165) is 57.3 Å². The lowest BCUT2D eigenvalue weighted by atomic mass is 9.86. The molecule has 0 spiro atoms. The standard InChI is InChI=1S/C24H38N4O4S/c1-19-7-3-4-8-21(19)26-24(29)18-25-22-17-20(33(30,31)28-11-5-2-6-12-28)9-10-23(22)27-13-15-32-16-14-27/h9-10,17,19,21,25H,2-8,11-16,18H2,1H3,(H,26,29). The van der Waals surface area contributed by atoms with Gasteiger partial charge in [-0.25, -0.2) is 8.42 Å². The number of benzene rings is 1. The Labute approximate surface area is 198 Å². The third-order valence-corrected chi connectivity index (χ3v) is 9.06. The number of nitrogens with one attached hydrogen (secondary N) is 2. The number of hydrogen-bond acceptors (Lipinski definition) is 6. The molecule has 2 aliphatic heterocycles. The van der Waals surface area contributed by atoms with Crippen LogP contribution >= 0.6 is 0 Å². The van der Waals surface area contributed by atoms with Crippen molar-refractivity contribution in [1.29, 1.82) is 0 Å². The maximum absolute atomic E-state index is 13.2. The van der Waals surface area contributed by atoms with Crippen LogP contribution in [-0.2, 0) is 19.6 Å². The molecule has 1 aromatic carbocycles. The van der Waals surface area contributed by atoms with Gasteiger partial charge in [0.1, 0.15) is 0 Å². The van der Waals surface area contributed by atoms with Crippen molar-refractivity contribution in [2.45, 2.75) is 62.8 Å². The third-order valence-electron chi connectivity index (χ3n) is 7.17. The van der Waals surface area contributed by atoms with Crippen LogP contribution in [0.4, 0.5) is 11.4 Å². The number of carbonyl (C=O) groups is 1. The highest BCUT2D eigenvalue weighted by Gasteiger charge is 2.28. The lowest BCUT2D eigenvalue weighted by Crippen LogP contribution is -2.43. The molecule has 1 saturated carbocycles. The molecule has 1 amide bonds. The van der Waals surface area contributed by atoms with E-state index in [0.29, 0.717) is 37.9 Å². The van der Waals surface area contributed by atoms with Gasteiger partial charge in [0.05, 0.1) is 36.0 Å². The van der Waals surface area contributed by atoms with Crippen LogP contribution in [0.25, 0.3) is 0 Å². The Kier molecular flexibility index (Phi) is 8.14. The first-order valence-corrected chi connectivity index (χ1v) is 13.9. The molecule has 1 aromatic rings. The van der Waals surface area contributed by atoms with Crippen LogP contribution in [0.3, 0.4) is 0 Å². The Hall–Kier alpha value is -1.84. The fourth-order valence-electron chi connectivity index (χ4n) is 5.12. The molecule has 2 atom stereocenters. The summed E-state index contributed by atoms with van der Waals surface area (Å²) in [6, 6.07) is 5.48. The topological polar surface area (TPSA) is 91.0 Å². The Morgan fingerprint density at radius 1 is 1.03 bits per heavy atom. The van der Waals surface area contributed by atoms with Crippen LogP contribution in [0.15, 0.2) is 23.1 Å². The summed E-state index contributed by atoms with van der Waals surface area (Å²) in [5, 5.41) is 6.43. The van der Waals surface area contributed by atoms with Gasteiger partial charge < -0.3 is 20.3 Å². The van der Waals surface area contributed by atoms with Crippen molar-refractivity contribution in [3.8, 4) is 0 Å². The van der Waals surface area contributed by atoms with Crippen molar-refractivity contribution in [3.63, 3.8) is 0 Å². The molecule has 3 aliphatic rings. The third kappa shape index (κ3) is 6.00. The Balaban J connectivity index is 1.51. The number of piperidine rings is 1. The normalized spacial score (nSPS) is 24.9. The Bertz CT molecular complexity index is 911. The highest BCUT2D eigenvalue weighted by atomic mass is 32.2. The summed E-state index contributed by atoms with van der Waals surface area (Å²) in [6.45, 7) is 6.19. The predicted octanol–water partition coefficient (Wildman–Crippen LogP) is 2.80. The average Bonchev–Trinajstić information content (AvgIpc) is 2.85. The van der Waals surface area contributed by atoms with E-state index >= 15 is 0 Å². The highest BCUT2D eigenvalue weighted by Crippen LogP contribution is 2.31. The number of hydrogen-bond donors (Lipinski definition) is 2. The summed E-state index contributed by atoms with van der Waals surface area (Å²) < 4.78 is 33.6. The minimum Gasteiger partial charge on any atom is -0.378 e. The van der Waals surface area contributed by atoms with E-state index in [1.54, 1.807) is 16.4 Å². The van der Waals surface area contributed by atoms with E-state index < -0.39 is 10.0 Å². The van der Waals surface area contributed by atoms with Crippen molar-refractivity contribution in [3.05, 3.63) is 18.2 Å². The molecule has 2 N–H and O–H groups in total. The van der Waals surface area contributed by atoms with Crippen LogP contribution in [0.2, 0.25) is 0 Å². The lowest BCUT2D eigenvalue weighted by Gasteiger charge is -2.32. The molecule has 0 bridgehead atoms. The molecule has 0 radical (unpaired) electrons. The monoisotopic (exact) mass is 478 g/mol. The first-order chi connectivity index (χ1) is 15.9. The van der Waals surface area contributed by atoms with Crippen molar-refractivity contribution in [1.82, 2.24) is 9.62 Å². The molecule has 9 heteroatoms. The number of morpholine rings is 1. The number of carbonyl (C=O) groups excluding carboxylic acids is 1. The van der Waals surface area contributed by atoms with Crippen molar-refractivity contribution in [2.24, 2.45) is 5.92 Å². The molecule has 3 fully saturated rings. The maximum Gasteiger partial charge on any atom is 0.243 e. The van der Waals surface area contributed by atoms with E-state index in [2.05, 4.69) is 22.5 Å². The smallest absolute Gasteiger partial charge is 0.243 e. The molecule has 33 heavy (non-hydrogen) atoms. The lowest BCUT2D eigenvalue weighted by molar-refractivity contribution is -0.120. The largest absolute Gasteiger partial charge is 0.378 e. The number of rotatable bonds is 7. The zero-order valence-corrected chi connectivity index (χ0v) is 20.5. The van der Waals surface area contributed by atoms with E-state index in [-0.39, 0.29) is 23.4 Å². The van der Waals surface area contributed by atoms with Gasteiger partial charge in [0.2, 0.25) is 15.9 Å². The molecule has 2 heterocycles. The zero-order valence-electron chi connectivity index (χ0n) is 19.7. The van der Waals surface area contributed by atoms with E-state index in [4.69, 9.17) is 4.74 Å². The zero-order chi connectivity index (χ0) is 23.3. The molecular weight excluding hydrogens is 440 g/mol. The molecular formula is C24H38N4O4S. The number of amides is 1. The Morgan fingerprint density at radius 3 is 2.48 bits per heavy atom. The van der Waals surface area contributed by atoms with E-state index in [9.17, 15) is 13.2 Å². The van der Waals surface area contributed by atoms with Crippen LogP contribution < -0.4 is 15.5 Å². The molecule has 184 valence electrons. The molecule has 4 rings (SSSR count). The van der Waals surface area contributed by atoms with Crippen LogP contribution in [0.1, 0.15) is 51.9 Å². The van der Waals surface area contributed by atoms with Gasteiger partial charge in [-0.05, 0) is 49.8 Å². The van der Waals surface area contributed by atoms with Crippen molar-refractivity contribution in [2.75, 3.05) is 56.2 Å². The van der Waals surface area contributed by atoms with Crippen LogP contribution in [0, 0.1) is 5.92 Å². The van der Waals surface area contributed by atoms with Crippen molar-refractivity contribution >= 4 is 27.3 Å². The van der Waals surface area contributed by atoms with Gasteiger partial charge in [0, 0.05) is 32.2 Å². The second-order valence-corrected chi connectivity index (χ2v) is 11.5. The highest BCUT2D eigenvalue weighted by molar-refractivity contribution is 7.89.